The summed E-state index contributed by atoms with van der Waals surface area (Å²) >= 11 is 0. The molecule has 10 aromatic carbocycles. The zero-order valence-electron chi connectivity index (χ0n) is 35.9. The van der Waals surface area contributed by atoms with E-state index in [-0.39, 0.29) is 5.41 Å². The molecule has 2 aliphatic carbocycles. The van der Waals surface area contributed by atoms with Crippen molar-refractivity contribution in [3.05, 3.63) is 282 Å². The number of anilines is 3. The Morgan fingerprint density at radius 2 is 0.923 bits per heavy atom. The molecule has 0 fully saturated rings. The minimum Gasteiger partial charge on any atom is -0.456 e. The fraction of sp³-hybridized carbons (Fsp3) is 0.0476. The Labute approximate surface area is 379 Å². The Kier molecular flexibility index (Phi) is 8.29. The first-order valence-corrected chi connectivity index (χ1v) is 22.6. The van der Waals surface area contributed by atoms with Crippen molar-refractivity contribution in [2.75, 3.05) is 4.90 Å². The zero-order valence-corrected chi connectivity index (χ0v) is 35.9. The molecular weight excluding hydrogens is 787 g/mol. The average Bonchev–Trinajstić information content (AvgIpc) is 4.00. The maximum atomic E-state index is 6.42. The van der Waals surface area contributed by atoms with Crippen LogP contribution in [0.4, 0.5) is 17.1 Å². The van der Waals surface area contributed by atoms with E-state index >= 15 is 0 Å². The maximum absolute atomic E-state index is 6.42. The van der Waals surface area contributed by atoms with Crippen LogP contribution in [-0.4, -0.2) is 0 Å². The second kappa shape index (κ2) is 14.4. The molecule has 0 amide bonds. The highest BCUT2D eigenvalue weighted by molar-refractivity contribution is 6.12. The molecule has 0 spiro atoms. The van der Waals surface area contributed by atoms with Crippen LogP contribution in [0.15, 0.2) is 247 Å². The topological polar surface area (TPSA) is 16.4 Å². The summed E-state index contributed by atoms with van der Waals surface area (Å²) in [6, 6.07) is 89.3. The molecule has 0 aliphatic heterocycles. The highest BCUT2D eigenvalue weighted by Gasteiger charge is 2.47. The van der Waals surface area contributed by atoms with Gasteiger partial charge >= 0.3 is 0 Å². The number of nitrogens with zero attached hydrogens (tertiary/aromatic N) is 1. The molecule has 65 heavy (non-hydrogen) atoms. The fourth-order valence-corrected chi connectivity index (χ4v) is 11.6. The van der Waals surface area contributed by atoms with Crippen molar-refractivity contribution in [2.45, 2.75) is 17.8 Å². The molecule has 1 aromatic heterocycles. The van der Waals surface area contributed by atoms with Crippen molar-refractivity contribution >= 4 is 39.0 Å². The highest BCUT2D eigenvalue weighted by atomic mass is 16.3. The van der Waals surface area contributed by atoms with Crippen LogP contribution in [0.5, 0.6) is 0 Å². The average molecular weight is 830 g/mol. The molecule has 1 unspecified atom stereocenters. The highest BCUT2D eigenvalue weighted by Crippen LogP contribution is 2.60. The van der Waals surface area contributed by atoms with E-state index in [0.29, 0.717) is 0 Å². The Hall–Kier alpha value is -8.20. The van der Waals surface area contributed by atoms with Gasteiger partial charge < -0.3 is 9.32 Å². The van der Waals surface area contributed by atoms with Gasteiger partial charge in [0.05, 0.1) is 11.1 Å². The normalized spacial score (nSPS) is 15.3. The monoisotopic (exact) mass is 829 g/mol. The van der Waals surface area contributed by atoms with E-state index < -0.39 is 5.41 Å². The summed E-state index contributed by atoms with van der Waals surface area (Å²) in [6.45, 7) is 2.40. The van der Waals surface area contributed by atoms with E-state index in [1.807, 2.05) is 6.07 Å². The Morgan fingerprint density at radius 1 is 0.369 bits per heavy atom. The van der Waals surface area contributed by atoms with Crippen LogP contribution in [0.1, 0.15) is 45.9 Å². The summed E-state index contributed by atoms with van der Waals surface area (Å²) in [6.07, 6.45) is 0. The number of hydrogen-bond donors (Lipinski definition) is 0. The number of fused-ring (bicyclic) bond motifs is 9. The van der Waals surface area contributed by atoms with Crippen LogP contribution in [0.25, 0.3) is 55.3 Å². The molecule has 2 nitrogen and oxygen atoms in total. The van der Waals surface area contributed by atoms with Crippen molar-refractivity contribution in [3.63, 3.8) is 0 Å². The van der Waals surface area contributed by atoms with Crippen molar-refractivity contribution in [1.29, 1.82) is 0 Å². The van der Waals surface area contributed by atoms with Gasteiger partial charge in [-0.1, -0.05) is 200 Å². The molecule has 1 atom stereocenters. The molecular formula is C63H43NO. The van der Waals surface area contributed by atoms with Gasteiger partial charge in [-0.05, 0) is 116 Å². The van der Waals surface area contributed by atoms with Gasteiger partial charge in [0.15, 0.2) is 0 Å². The number of furan rings is 1. The van der Waals surface area contributed by atoms with Crippen LogP contribution in [-0.2, 0) is 10.8 Å². The van der Waals surface area contributed by atoms with Crippen LogP contribution < -0.4 is 4.90 Å². The predicted molar refractivity (Wildman–Crippen MR) is 269 cm³/mol. The molecule has 0 bridgehead atoms. The van der Waals surface area contributed by atoms with Gasteiger partial charge in [-0.25, -0.2) is 0 Å². The van der Waals surface area contributed by atoms with E-state index in [4.69, 9.17) is 4.42 Å². The summed E-state index contributed by atoms with van der Waals surface area (Å²) in [5.74, 6) is 0. The summed E-state index contributed by atoms with van der Waals surface area (Å²) in [7, 11) is 0. The molecule has 2 aliphatic rings. The lowest BCUT2D eigenvalue weighted by atomic mass is 9.68. The second-order valence-electron chi connectivity index (χ2n) is 17.7. The van der Waals surface area contributed by atoms with Gasteiger partial charge in [-0.3, -0.25) is 0 Å². The summed E-state index contributed by atoms with van der Waals surface area (Å²) in [5, 5.41) is 2.25. The molecule has 0 radical (unpaired) electrons. The third-order valence-electron chi connectivity index (χ3n) is 14.4. The van der Waals surface area contributed by atoms with Crippen LogP contribution in [0, 0.1) is 0 Å². The molecule has 2 heteroatoms. The first kappa shape index (κ1) is 37.4. The van der Waals surface area contributed by atoms with Crippen molar-refractivity contribution in [1.82, 2.24) is 0 Å². The largest absolute Gasteiger partial charge is 0.456 e. The first-order valence-electron chi connectivity index (χ1n) is 22.6. The lowest BCUT2D eigenvalue weighted by Crippen LogP contribution is -2.28. The molecule has 11 aromatic rings. The standard InChI is InChI=1S/C63H43NO/c1-62(43-21-5-2-6-22-43)53-32-14-11-28-49(53)50-39-38-47(41-56(50)62)64(46-27-17-20-42(40-46)48-31-18-37-59-60(48)52-30-13-16-36-58(52)65-59)57-35-19-34-55-61(57)51-29-12-15-33-54(51)63(55,44-23-7-3-8-24-44)45-25-9-4-10-26-45/h2-41H,1H3. The summed E-state index contributed by atoms with van der Waals surface area (Å²) in [4.78, 5) is 2.52. The van der Waals surface area contributed by atoms with Gasteiger partial charge in [0.25, 0.3) is 0 Å². The van der Waals surface area contributed by atoms with Gasteiger partial charge in [-0.15, -0.1) is 0 Å². The predicted octanol–water partition coefficient (Wildman–Crippen LogP) is 16.4. The molecule has 306 valence electrons. The Balaban J connectivity index is 1.10. The number of hydrogen-bond acceptors (Lipinski definition) is 2. The fourth-order valence-electron chi connectivity index (χ4n) is 11.6. The van der Waals surface area contributed by atoms with Crippen molar-refractivity contribution in [2.24, 2.45) is 0 Å². The smallest absolute Gasteiger partial charge is 0.136 e. The number of benzene rings is 10. The van der Waals surface area contributed by atoms with Crippen molar-refractivity contribution < 1.29 is 4.42 Å². The van der Waals surface area contributed by atoms with E-state index in [1.165, 1.54) is 61.2 Å². The molecule has 1 heterocycles. The van der Waals surface area contributed by atoms with E-state index in [1.54, 1.807) is 0 Å². The van der Waals surface area contributed by atoms with Gasteiger partial charge in [0, 0.05) is 33.1 Å². The molecule has 0 saturated heterocycles. The van der Waals surface area contributed by atoms with E-state index in [0.717, 1.165) is 50.1 Å². The Bertz CT molecular complexity index is 3580. The third-order valence-corrected chi connectivity index (χ3v) is 14.4. The van der Waals surface area contributed by atoms with Gasteiger partial charge in [-0.2, -0.15) is 0 Å². The van der Waals surface area contributed by atoms with Crippen molar-refractivity contribution in [3.8, 4) is 33.4 Å². The van der Waals surface area contributed by atoms with Gasteiger partial charge in [0.2, 0.25) is 0 Å². The van der Waals surface area contributed by atoms with Crippen LogP contribution >= 0.6 is 0 Å². The number of rotatable bonds is 7. The second-order valence-corrected chi connectivity index (χ2v) is 17.7. The summed E-state index contributed by atoms with van der Waals surface area (Å²) < 4.78 is 6.42. The van der Waals surface area contributed by atoms with Crippen LogP contribution in [0.3, 0.4) is 0 Å². The maximum Gasteiger partial charge on any atom is 0.136 e. The lowest BCUT2D eigenvalue weighted by molar-refractivity contribution is 0.669. The Morgan fingerprint density at radius 3 is 1.69 bits per heavy atom. The minimum atomic E-state index is -0.540. The quantitative estimate of drug-likeness (QED) is 0.159. The van der Waals surface area contributed by atoms with Crippen LogP contribution in [0.2, 0.25) is 0 Å². The molecule has 0 saturated carbocycles. The lowest BCUT2D eigenvalue weighted by Gasteiger charge is -2.34. The molecule has 0 N–H and O–H groups in total. The first-order chi connectivity index (χ1) is 32.1. The summed E-state index contributed by atoms with van der Waals surface area (Å²) in [5.41, 5.74) is 20.5. The SMILES string of the molecule is CC1(c2ccccc2)c2ccccc2-c2ccc(N(c3cccc(-c4cccc5oc6ccccc6c45)c3)c3cccc4c3-c3ccccc3C4(c3ccccc3)c3ccccc3)cc21. The van der Waals surface area contributed by atoms with Gasteiger partial charge in [0.1, 0.15) is 11.2 Å². The van der Waals surface area contributed by atoms with E-state index in [9.17, 15) is 0 Å². The van der Waals surface area contributed by atoms with E-state index in [2.05, 4.69) is 248 Å². The third kappa shape index (κ3) is 5.35. The molecule has 13 rings (SSSR count). The zero-order chi connectivity index (χ0) is 43.1. The minimum absolute atomic E-state index is 0.365. The number of para-hydroxylation sites is 1.